The molecule has 1 fully saturated rings. The van der Waals surface area contributed by atoms with E-state index in [1.807, 2.05) is 0 Å². The van der Waals surface area contributed by atoms with Gasteiger partial charge in [0, 0.05) is 6.08 Å². The van der Waals surface area contributed by atoms with Crippen LogP contribution < -0.4 is 5.32 Å². The molecule has 0 saturated carbocycles. The summed E-state index contributed by atoms with van der Waals surface area (Å²) < 4.78 is 30.0. The second kappa shape index (κ2) is 8.31. The molecule has 1 heterocycles. The molecule has 1 aromatic carbocycles. The highest BCUT2D eigenvalue weighted by atomic mass is 35.5. The Kier molecular flexibility index (Phi) is 7.06. The number of benzene rings is 1. The molecule has 1 aromatic rings. The molecular formula is C15H20ClNO4S. The summed E-state index contributed by atoms with van der Waals surface area (Å²) >= 11 is 0. The number of ether oxygens (including phenoxy) is 1. The maximum atomic E-state index is 12.7. The smallest absolute Gasteiger partial charge is 0.330 e. The van der Waals surface area contributed by atoms with E-state index >= 15 is 0 Å². The highest BCUT2D eigenvalue weighted by molar-refractivity contribution is 7.92. The van der Waals surface area contributed by atoms with Crippen LogP contribution in [-0.2, 0) is 19.4 Å². The van der Waals surface area contributed by atoms with Crippen molar-refractivity contribution in [2.75, 3.05) is 20.2 Å². The lowest BCUT2D eigenvalue weighted by Crippen LogP contribution is -2.36. The molecule has 1 N–H and O–H groups in total. The van der Waals surface area contributed by atoms with Gasteiger partial charge in [-0.15, -0.1) is 12.4 Å². The predicted molar refractivity (Wildman–Crippen MR) is 87.8 cm³/mol. The van der Waals surface area contributed by atoms with Crippen molar-refractivity contribution in [2.24, 2.45) is 0 Å². The molecule has 0 bridgehead atoms. The number of hydrogen-bond acceptors (Lipinski definition) is 5. The zero-order chi connectivity index (χ0) is 15.3. The van der Waals surface area contributed by atoms with Crippen LogP contribution in [0.1, 0.15) is 18.4 Å². The molecule has 0 atom stereocenters. The number of methoxy groups -OCH3 is 1. The van der Waals surface area contributed by atoms with Crippen LogP contribution >= 0.6 is 12.4 Å². The summed E-state index contributed by atoms with van der Waals surface area (Å²) in [5.41, 5.74) is 0.515. The van der Waals surface area contributed by atoms with Gasteiger partial charge in [0.05, 0.1) is 17.3 Å². The molecule has 2 rings (SSSR count). The summed E-state index contributed by atoms with van der Waals surface area (Å²) in [7, 11) is -2.11. The van der Waals surface area contributed by atoms with E-state index < -0.39 is 15.8 Å². The Balaban J connectivity index is 0.00000242. The fourth-order valence-electron chi connectivity index (χ4n) is 2.39. The van der Waals surface area contributed by atoms with Crippen molar-refractivity contribution in [1.29, 1.82) is 0 Å². The fourth-order valence-corrected chi connectivity index (χ4v) is 4.34. The first-order valence-corrected chi connectivity index (χ1v) is 8.40. The van der Waals surface area contributed by atoms with Crippen LogP contribution in [0.15, 0.2) is 35.2 Å². The maximum Gasteiger partial charge on any atom is 0.330 e. The molecular weight excluding hydrogens is 326 g/mol. The third-order valence-electron chi connectivity index (χ3n) is 3.55. The molecule has 1 saturated heterocycles. The standard InChI is InChI=1S/C15H19NO4S.ClH/c1-20-15(17)7-6-12-4-2-3-5-14(12)21(18,19)13-8-10-16-11-9-13;/h2-7,13,16H,8-11H2,1H3;1H. The zero-order valence-corrected chi connectivity index (χ0v) is 14.0. The van der Waals surface area contributed by atoms with Crippen LogP contribution in [0.4, 0.5) is 0 Å². The van der Waals surface area contributed by atoms with E-state index in [9.17, 15) is 13.2 Å². The number of halogens is 1. The summed E-state index contributed by atoms with van der Waals surface area (Å²) in [5.74, 6) is -0.510. The van der Waals surface area contributed by atoms with E-state index in [1.165, 1.54) is 19.3 Å². The Hall–Kier alpha value is -1.37. The Labute approximate surface area is 137 Å². The number of sulfone groups is 1. The topological polar surface area (TPSA) is 72.5 Å². The molecule has 0 unspecified atom stereocenters. The molecule has 0 amide bonds. The lowest BCUT2D eigenvalue weighted by Gasteiger charge is -2.23. The van der Waals surface area contributed by atoms with Gasteiger partial charge >= 0.3 is 5.97 Å². The van der Waals surface area contributed by atoms with Crippen LogP contribution in [0.3, 0.4) is 0 Å². The Morgan fingerprint density at radius 2 is 1.91 bits per heavy atom. The van der Waals surface area contributed by atoms with E-state index in [4.69, 9.17) is 0 Å². The second-order valence-electron chi connectivity index (χ2n) is 4.89. The van der Waals surface area contributed by atoms with E-state index in [2.05, 4.69) is 10.1 Å². The van der Waals surface area contributed by atoms with Gasteiger partial charge in [-0.3, -0.25) is 0 Å². The number of nitrogens with one attached hydrogen (secondary N) is 1. The van der Waals surface area contributed by atoms with E-state index in [0.717, 1.165) is 0 Å². The van der Waals surface area contributed by atoms with Crippen molar-refractivity contribution in [3.63, 3.8) is 0 Å². The fraction of sp³-hybridized carbons (Fsp3) is 0.400. The van der Waals surface area contributed by atoms with Crippen molar-refractivity contribution < 1.29 is 17.9 Å². The van der Waals surface area contributed by atoms with Crippen molar-refractivity contribution in [1.82, 2.24) is 5.32 Å². The van der Waals surface area contributed by atoms with Crippen molar-refractivity contribution in [2.45, 2.75) is 23.0 Å². The van der Waals surface area contributed by atoms with Gasteiger partial charge in [-0.1, -0.05) is 18.2 Å². The van der Waals surface area contributed by atoms with Crippen LogP contribution in [-0.4, -0.2) is 39.8 Å². The van der Waals surface area contributed by atoms with E-state index in [1.54, 1.807) is 24.3 Å². The quantitative estimate of drug-likeness (QED) is 0.665. The number of esters is 1. The van der Waals surface area contributed by atoms with Gasteiger partial charge in [-0.2, -0.15) is 0 Å². The van der Waals surface area contributed by atoms with Crippen molar-refractivity contribution in [3.8, 4) is 0 Å². The molecule has 122 valence electrons. The molecule has 0 aliphatic carbocycles. The van der Waals surface area contributed by atoms with Gasteiger partial charge in [-0.25, -0.2) is 13.2 Å². The monoisotopic (exact) mass is 345 g/mol. The average Bonchev–Trinajstić information content (AvgIpc) is 2.53. The molecule has 0 spiro atoms. The second-order valence-corrected chi connectivity index (χ2v) is 7.09. The highest BCUT2D eigenvalue weighted by Crippen LogP contribution is 2.26. The molecule has 7 heteroatoms. The van der Waals surface area contributed by atoms with Gasteiger partial charge < -0.3 is 10.1 Å². The summed E-state index contributed by atoms with van der Waals surface area (Å²) in [6.45, 7) is 1.42. The number of hydrogen-bond donors (Lipinski definition) is 1. The van der Waals surface area contributed by atoms with E-state index in [0.29, 0.717) is 31.5 Å². The summed E-state index contributed by atoms with van der Waals surface area (Å²) in [5, 5.41) is 2.79. The summed E-state index contributed by atoms with van der Waals surface area (Å²) in [4.78, 5) is 11.5. The van der Waals surface area contributed by atoms with E-state index in [-0.39, 0.29) is 22.6 Å². The molecule has 1 aliphatic heterocycles. The molecule has 0 radical (unpaired) electrons. The first-order valence-electron chi connectivity index (χ1n) is 6.85. The molecule has 1 aliphatic rings. The zero-order valence-electron chi connectivity index (χ0n) is 12.3. The van der Waals surface area contributed by atoms with Gasteiger partial charge in [0.25, 0.3) is 0 Å². The summed E-state index contributed by atoms with van der Waals surface area (Å²) in [6.07, 6.45) is 3.94. The lowest BCUT2D eigenvalue weighted by molar-refractivity contribution is -0.134. The minimum Gasteiger partial charge on any atom is -0.466 e. The predicted octanol–water partition coefficient (Wildman–Crippen LogP) is 1.82. The molecule has 0 aromatic heterocycles. The first kappa shape index (κ1) is 18.7. The van der Waals surface area contributed by atoms with Gasteiger partial charge in [0.1, 0.15) is 0 Å². The summed E-state index contributed by atoms with van der Waals surface area (Å²) in [6, 6.07) is 6.73. The van der Waals surface area contributed by atoms with Crippen molar-refractivity contribution in [3.05, 3.63) is 35.9 Å². The minimum atomic E-state index is -3.39. The molecule has 22 heavy (non-hydrogen) atoms. The SMILES string of the molecule is COC(=O)C=Cc1ccccc1S(=O)(=O)C1CCNCC1.Cl. The normalized spacial score (nSPS) is 16.2. The van der Waals surface area contributed by atoms with Gasteiger partial charge in [0.15, 0.2) is 9.84 Å². The van der Waals surface area contributed by atoms with Crippen LogP contribution in [0.5, 0.6) is 0 Å². The highest BCUT2D eigenvalue weighted by Gasteiger charge is 2.30. The van der Waals surface area contributed by atoms with Crippen LogP contribution in [0.2, 0.25) is 0 Å². The Morgan fingerprint density at radius 3 is 2.55 bits per heavy atom. The minimum absolute atomic E-state index is 0. The Morgan fingerprint density at radius 1 is 1.27 bits per heavy atom. The average molecular weight is 346 g/mol. The van der Waals surface area contributed by atoms with Gasteiger partial charge in [-0.05, 0) is 43.6 Å². The lowest BCUT2D eigenvalue weighted by atomic mass is 10.2. The third kappa shape index (κ3) is 4.32. The first-order chi connectivity index (χ1) is 10.1. The third-order valence-corrected chi connectivity index (χ3v) is 5.88. The van der Waals surface area contributed by atoms with Crippen LogP contribution in [0.25, 0.3) is 6.08 Å². The van der Waals surface area contributed by atoms with Gasteiger partial charge in [0.2, 0.25) is 0 Å². The number of carbonyl (C=O) groups is 1. The molecule has 5 nitrogen and oxygen atoms in total. The number of piperidine rings is 1. The largest absolute Gasteiger partial charge is 0.466 e. The van der Waals surface area contributed by atoms with Crippen molar-refractivity contribution >= 4 is 34.3 Å². The Bertz CT molecular complexity index is 637. The number of carbonyl (C=O) groups excluding carboxylic acids is 1. The number of rotatable bonds is 4. The maximum absolute atomic E-state index is 12.7. The van der Waals surface area contributed by atoms with Crippen LogP contribution in [0, 0.1) is 0 Å².